The summed E-state index contributed by atoms with van der Waals surface area (Å²) in [6.07, 6.45) is 4.55. The SMILES string of the molecule is CCCNc1nc(-c2cncc(Br)c2)nc(C)c1Br. The van der Waals surface area contributed by atoms with Crippen molar-refractivity contribution in [3.8, 4) is 11.4 Å². The van der Waals surface area contributed by atoms with E-state index in [0.717, 1.165) is 39.0 Å². The number of pyridine rings is 1. The molecule has 2 heterocycles. The zero-order chi connectivity index (χ0) is 13.8. The second-order valence-corrected chi connectivity index (χ2v) is 5.82. The number of hydrogen-bond acceptors (Lipinski definition) is 4. The Hall–Kier alpha value is -1.01. The van der Waals surface area contributed by atoms with Crippen LogP contribution in [0.25, 0.3) is 11.4 Å². The molecule has 0 aliphatic carbocycles. The molecule has 0 radical (unpaired) electrons. The minimum absolute atomic E-state index is 0.674. The van der Waals surface area contributed by atoms with Gasteiger partial charge in [0, 0.05) is 29.0 Å². The number of nitrogens with one attached hydrogen (secondary N) is 1. The minimum Gasteiger partial charge on any atom is -0.369 e. The van der Waals surface area contributed by atoms with Crippen molar-refractivity contribution in [1.82, 2.24) is 15.0 Å². The Kier molecular flexibility index (Phi) is 4.87. The molecule has 19 heavy (non-hydrogen) atoms. The normalized spacial score (nSPS) is 10.5. The van der Waals surface area contributed by atoms with Crippen molar-refractivity contribution in [3.05, 3.63) is 33.1 Å². The summed E-state index contributed by atoms with van der Waals surface area (Å²) in [6, 6.07) is 1.96. The number of nitrogens with zero attached hydrogens (tertiary/aromatic N) is 3. The number of aromatic nitrogens is 3. The third kappa shape index (κ3) is 3.51. The average Bonchev–Trinajstić information content (AvgIpc) is 2.40. The molecule has 0 bridgehead atoms. The van der Waals surface area contributed by atoms with Gasteiger partial charge in [-0.3, -0.25) is 4.98 Å². The lowest BCUT2D eigenvalue weighted by molar-refractivity contribution is 0.958. The predicted octanol–water partition coefficient (Wildman–Crippen LogP) is 4.19. The van der Waals surface area contributed by atoms with Gasteiger partial charge in [-0.25, -0.2) is 9.97 Å². The summed E-state index contributed by atoms with van der Waals surface area (Å²) < 4.78 is 1.82. The average molecular weight is 386 g/mol. The summed E-state index contributed by atoms with van der Waals surface area (Å²) in [6.45, 7) is 4.96. The maximum atomic E-state index is 4.55. The van der Waals surface area contributed by atoms with Crippen LogP contribution in [0.15, 0.2) is 27.4 Å². The number of hydrogen-bond donors (Lipinski definition) is 1. The standard InChI is InChI=1S/C13H14Br2N4/c1-3-4-17-13-11(15)8(2)18-12(19-13)9-5-10(14)7-16-6-9/h5-7H,3-4H2,1-2H3,(H,17,18,19). The summed E-state index contributed by atoms with van der Waals surface area (Å²) in [5.74, 6) is 1.50. The highest BCUT2D eigenvalue weighted by Crippen LogP contribution is 2.27. The first kappa shape index (κ1) is 14.4. The second-order valence-electron chi connectivity index (χ2n) is 4.11. The van der Waals surface area contributed by atoms with Gasteiger partial charge in [0.2, 0.25) is 0 Å². The number of anilines is 1. The summed E-state index contributed by atoms with van der Waals surface area (Å²) in [5.41, 5.74) is 1.80. The summed E-state index contributed by atoms with van der Waals surface area (Å²) >= 11 is 6.93. The molecule has 2 aromatic heterocycles. The van der Waals surface area contributed by atoms with E-state index in [2.05, 4.69) is 59.1 Å². The van der Waals surface area contributed by atoms with Crippen molar-refractivity contribution < 1.29 is 0 Å². The Labute approximate surface area is 129 Å². The molecule has 100 valence electrons. The van der Waals surface area contributed by atoms with Crippen molar-refractivity contribution in [2.24, 2.45) is 0 Å². The second kappa shape index (κ2) is 6.43. The molecule has 0 fully saturated rings. The van der Waals surface area contributed by atoms with Crippen molar-refractivity contribution in [1.29, 1.82) is 0 Å². The van der Waals surface area contributed by atoms with E-state index >= 15 is 0 Å². The predicted molar refractivity (Wildman–Crippen MR) is 84.2 cm³/mol. The van der Waals surface area contributed by atoms with Crippen LogP contribution in [0.2, 0.25) is 0 Å². The Morgan fingerprint density at radius 3 is 2.68 bits per heavy atom. The van der Waals surface area contributed by atoms with Gasteiger partial charge >= 0.3 is 0 Å². The third-order valence-electron chi connectivity index (χ3n) is 2.52. The zero-order valence-electron chi connectivity index (χ0n) is 10.7. The van der Waals surface area contributed by atoms with E-state index in [1.807, 2.05) is 13.0 Å². The molecular formula is C13H14Br2N4. The topological polar surface area (TPSA) is 50.7 Å². The third-order valence-corrected chi connectivity index (χ3v) is 3.91. The molecule has 4 nitrogen and oxygen atoms in total. The van der Waals surface area contributed by atoms with Crippen LogP contribution in [0.3, 0.4) is 0 Å². The molecule has 0 unspecified atom stereocenters. The lowest BCUT2D eigenvalue weighted by Gasteiger charge is -2.10. The van der Waals surface area contributed by atoms with Gasteiger partial charge in [0.05, 0.1) is 10.2 Å². The lowest BCUT2D eigenvalue weighted by atomic mass is 10.2. The van der Waals surface area contributed by atoms with Crippen LogP contribution in [0.1, 0.15) is 19.0 Å². The van der Waals surface area contributed by atoms with Gasteiger partial charge in [-0.15, -0.1) is 0 Å². The molecule has 0 atom stereocenters. The Morgan fingerprint density at radius 2 is 2.00 bits per heavy atom. The fourth-order valence-electron chi connectivity index (χ4n) is 1.58. The zero-order valence-corrected chi connectivity index (χ0v) is 13.9. The highest BCUT2D eigenvalue weighted by molar-refractivity contribution is 9.11. The van der Waals surface area contributed by atoms with E-state index in [9.17, 15) is 0 Å². The maximum Gasteiger partial charge on any atom is 0.163 e. The van der Waals surface area contributed by atoms with E-state index in [-0.39, 0.29) is 0 Å². The summed E-state index contributed by atoms with van der Waals surface area (Å²) in [5, 5.41) is 3.30. The first-order valence-electron chi connectivity index (χ1n) is 6.00. The van der Waals surface area contributed by atoms with Gasteiger partial charge in [0.15, 0.2) is 5.82 Å². The van der Waals surface area contributed by atoms with E-state index in [4.69, 9.17) is 0 Å². The van der Waals surface area contributed by atoms with Gasteiger partial charge in [0.1, 0.15) is 5.82 Å². The molecule has 0 aliphatic heterocycles. The van der Waals surface area contributed by atoms with Crippen LogP contribution < -0.4 is 5.32 Å². The molecule has 0 amide bonds. The Bertz CT molecular complexity index is 587. The van der Waals surface area contributed by atoms with Crippen LogP contribution in [0.5, 0.6) is 0 Å². The molecule has 0 spiro atoms. The molecule has 0 saturated carbocycles. The Balaban J connectivity index is 2.44. The highest BCUT2D eigenvalue weighted by atomic mass is 79.9. The molecule has 1 N–H and O–H groups in total. The first-order chi connectivity index (χ1) is 9.11. The van der Waals surface area contributed by atoms with Crippen molar-refractivity contribution in [2.45, 2.75) is 20.3 Å². The van der Waals surface area contributed by atoms with Gasteiger partial charge in [-0.05, 0) is 51.3 Å². The molecule has 0 saturated heterocycles. The molecule has 2 aromatic rings. The minimum atomic E-state index is 0.674. The first-order valence-corrected chi connectivity index (χ1v) is 7.59. The van der Waals surface area contributed by atoms with Crippen LogP contribution in [0, 0.1) is 6.92 Å². The van der Waals surface area contributed by atoms with E-state index in [1.165, 1.54) is 0 Å². The largest absolute Gasteiger partial charge is 0.369 e. The quantitative estimate of drug-likeness (QED) is 0.856. The smallest absolute Gasteiger partial charge is 0.163 e. The Morgan fingerprint density at radius 1 is 1.21 bits per heavy atom. The van der Waals surface area contributed by atoms with Crippen LogP contribution in [-0.2, 0) is 0 Å². The lowest BCUT2D eigenvalue weighted by Crippen LogP contribution is -2.06. The van der Waals surface area contributed by atoms with Crippen molar-refractivity contribution in [3.63, 3.8) is 0 Å². The molecule has 0 aliphatic rings. The van der Waals surface area contributed by atoms with Crippen LogP contribution >= 0.6 is 31.9 Å². The fourth-order valence-corrected chi connectivity index (χ4v) is 2.27. The summed E-state index contributed by atoms with van der Waals surface area (Å²) in [4.78, 5) is 13.2. The van der Waals surface area contributed by atoms with Crippen LogP contribution in [-0.4, -0.2) is 21.5 Å². The van der Waals surface area contributed by atoms with Crippen molar-refractivity contribution >= 4 is 37.7 Å². The van der Waals surface area contributed by atoms with Gasteiger partial charge in [-0.1, -0.05) is 6.92 Å². The molecule has 2 rings (SSSR count). The van der Waals surface area contributed by atoms with Gasteiger partial charge in [-0.2, -0.15) is 0 Å². The molecule has 6 heteroatoms. The van der Waals surface area contributed by atoms with Gasteiger partial charge in [0.25, 0.3) is 0 Å². The molecular weight excluding hydrogens is 372 g/mol. The van der Waals surface area contributed by atoms with Crippen LogP contribution in [0.4, 0.5) is 5.82 Å². The summed E-state index contributed by atoms with van der Waals surface area (Å²) in [7, 11) is 0. The molecule has 0 aromatic carbocycles. The van der Waals surface area contributed by atoms with E-state index < -0.39 is 0 Å². The van der Waals surface area contributed by atoms with Crippen molar-refractivity contribution in [2.75, 3.05) is 11.9 Å². The monoisotopic (exact) mass is 384 g/mol. The number of rotatable bonds is 4. The maximum absolute atomic E-state index is 4.55. The number of halogens is 2. The fraction of sp³-hybridized carbons (Fsp3) is 0.308. The van der Waals surface area contributed by atoms with Gasteiger partial charge < -0.3 is 5.32 Å². The van der Waals surface area contributed by atoms with E-state index in [1.54, 1.807) is 12.4 Å². The highest BCUT2D eigenvalue weighted by Gasteiger charge is 2.11. The van der Waals surface area contributed by atoms with E-state index in [0.29, 0.717) is 5.82 Å². The number of aryl methyl sites for hydroxylation is 1.